The van der Waals surface area contributed by atoms with Crippen LogP contribution in [0, 0.1) is 0 Å². The van der Waals surface area contributed by atoms with E-state index in [1.165, 1.54) is 12.0 Å². The molecule has 2 aliphatic rings. The van der Waals surface area contributed by atoms with E-state index in [4.69, 9.17) is 27.9 Å². The first kappa shape index (κ1) is 30.6. The fourth-order valence-corrected chi connectivity index (χ4v) is 6.64. The molecular weight excluding hydrogens is 615 g/mol. The van der Waals surface area contributed by atoms with Crippen LogP contribution in [0.25, 0.3) is 33.6 Å². The summed E-state index contributed by atoms with van der Waals surface area (Å²) in [4.78, 5) is 46.4. The van der Waals surface area contributed by atoms with Gasteiger partial charge in [-0.15, -0.1) is 0 Å². The van der Waals surface area contributed by atoms with Gasteiger partial charge in [0.2, 0.25) is 11.8 Å². The molecule has 1 aliphatic heterocycles. The smallest absolute Gasteiger partial charge is 0.407 e. The number of Topliss-reactive ketones (excluding diaryl/α,β-unsaturated/α-hetero) is 1. The van der Waals surface area contributed by atoms with Crippen molar-refractivity contribution < 1.29 is 24.2 Å². The number of benzene rings is 2. The Morgan fingerprint density at radius 2 is 1.80 bits per heavy atom. The average Bonchev–Trinajstić information content (AvgIpc) is 3.45. The van der Waals surface area contributed by atoms with Gasteiger partial charge in [-0.05, 0) is 49.1 Å². The van der Waals surface area contributed by atoms with Gasteiger partial charge >= 0.3 is 6.09 Å². The van der Waals surface area contributed by atoms with Crippen molar-refractivity contribution in [2.75, 3.05) is 13.7 Å². The van der Waals surface area contributed by atoms with E-state index >= 15 is 0 Å². The molecule has 6 rings (SSSR count). The van der Waals surface area contributed by atoms with E-state index in [0.29, 0.717) is 62.9 Å². The van der Waals surface area contributed by atoms with Gasteiger partial charge in [-0.3, -0.25) is 14.6 Å². The normalized spacial score (nSPS) is 15.8. The molecule has 2 N–H and O–H groups in total. The molecule has 0 unspecified atom stereocenters. The lowest BCUT2D eigenvalue weighted by Gasteiger charge is -2.23. The quantitative estimate of drug-likeness (QED) is 0.210. The number of carbonyl (C=O) groups is 3. The van der Waals surface area contributed by atoms with E-state index in [1.807, 2.05) is 42.5 Å². The average molecular weight is 646 g/mol. The number of hydrogen-bond donors (Lipinski definition) is 2. The Morgan fingerprint density at radius 1 is 1.00 bits per heavy atom. The number of nitrogens with zero attached hydrogens (tertiary/aromatic N) is 3. The van der Waals surface area contributed by atoms with Gasteiger partial charge in [-0.1, -0.05) is 53.5 Å². The number of amides is 2. The third-order valence-corrected chi connectivity index (χ3v) is 9.06. The zero-order valence-electron chi connectivity index (χ0n) is 24.5. The Hall–Kier alpha value is -4.47. The first-order valence-corrected chi connectivity index (χ1v) is 15.4. The number of hydrogen-bond acceptors (Lipinski definition) is 6. The summed E-state index contributed by atoms with van der Waals surface area (Å²) in [5, 5.41) is 13.5. The number of ether oxygens (including phenoxy) is 1. The second-order valence-electron chi connectivity index (χ2n) is 11.2. The van der Waals surface area contributed by atoms with Crippen molar-refractivity contribution in [3.8, 4) is 39.5 Å². The van der Waals surface area contributed by atoms with Crippen LogP contribution in [0.15, 0.2) is 60.8 Å². The number of aromatic nitrogens is 2. The van der Waals surface area contributed by atoms with Gasteiger partial charge < -0.3 is 20.1 Å². The van der Waals surface area contributed by atoms with Crippen LogP contribution in [-0.2, 0) is 17.8 Å². The largest absolute Gasteiger partial charge is 0.481 e. The first-order chi connectivity index (χ1) is 21.7. The van der Waals surface area contributed by atoms with Crippen molar-refractivity contribution >= 4 is 41.0 Å². The molecule has 11 heteroatoms. The Balaban J connectivity index is 1.30. The number of methoxy groups -OCH3 is 1. The highest BCUT2D eigenvalue weighted by Gasteiger charge is 2.26. The summed E-state index contributed by atoms with van der Waals surface area (Å²) in [7, 11) is 1.48. The molecule has 0 bridgehead atoms. The van der Waals surface area contributed by atoms with Crippen LogP contribution in [0.4, 0.5) is 4.79 Å². The van der Waals surface area contributed by atoms with Crippen LogP contribution in [-0.4, -0.2) is 57.5 Å². The molecule has 2 amide bonds. The van der Waals surface area contributed by atoms with E-state index < -0.39 is 6.09 Å². The number of fused-ring (bicyclic) bond motifs is 1. The lowest BCUT2D eigenvalue weighted by molar-refractivity contribution is -0.119. The van der Waals surface area contributed by atoms with Gasteiger partial charge in [0.15, 0.2) is 5.78 Å². The maximum absolute atomic E-state index is 12.3. The summed E-state index contributed by atoms with van der Waals surface area (Å²) in [6.45, 7) is 0.205. The monoisotopic (exact) mass is 644 g/mol. The number of carboxylic acid groups (broad SMARTS) is 1. The lowest BCUT2D eigenvalue weighted by Crippen LogP contribution is -2.41. The van der Waals surface area contributed by atoms with E-state index in [1.54, 1.807) is 18.3 Å². The Morgan fingerprint density at radius 3 is 2.56 bits per heavy atom. The molecule has 2 aromatic carbocycles. The van der Waals surface area contributed by atoms with Gasteiger partial charge in [-0.2, -0.15) is 0 Å². The highest BCUT2D eigenvalue weighted by Crippen LogP contribution is 2.42. The zero-order chi connectivity index (χ0) is 31.7. The van der Waals surface area contributed by atoms with Crippen LogP contribution in [0.2, 0.25) is 10.0 Å². The van der Waals surface area contributed by atoms with E-state index in [9.17, 15) is 19.5 Å². The standard InChI is InChI=1S/C34H30Cl2N4O5/c1-45-33-21(17-40(34(43)44)18-22-10-13-29(42)38-22)9-12-27(39-33)26-6-3-5-24(30(26)35)25-14-15-37-32(31(25)36)20-8-11-23-19(16-20)4-2-7-28(23)41/h3,5-6,8-9,11-12,14-16,22H,2,4,7,10,13,17-18H2,1H3,(H,38,42)(H,43,44)/t22-/m0/s1. The molecule has 1 saturated heterocycles. The summed E-state index contributed by atoms with van der Waals surface area (Å²) >= 11 is 14.0. The molecule has 1 aliphatic carbocycles. The molecule has 2 aromatic heterocycles. The summed E-state index contributed by atoms with van der Waals surface area (Å²) in [6.07, 6.45) is 3.80. The van der Waals surface area contributed by atoms with E-state index in [-0.39, 0.29) is 36.7 Å². The second-order valence-corrected chi connectivity index (χ2v) is 11.9. The zero-order valence-corrected chi connectivity index (χ0v) is 26.0. The van der Waals surface area contributed by atoms with E-state index in [0.717, 1.165) is 29.5 Å². The van der Waals surface area contributed by atoms with Crippen molar-refractivity contribution in [3.05, 3.63) is 87.5 Å². The topological polar surface area (TPSA) is 122 Å². The molecule has 0 radical (unpaired) electrons. The predicted octanol–water partition coefficient (Wildman–Crippen LogP) is 7.07. The highest BCUT2D eigenvalue weighted by molar-refractivity contribution is 6.39. The molecule has 3 heterocycles. The Bertz CT molecular complexity index is 1830. The maximum atomic E-state index is 12.3. The van der Waals surface area contributed by atoms with Crippen LogP contribution in [0.1, 0.15) is 47.2 Å². The third-order valence-electron chi connectivity index (χ3n) is 8.27. The SMILES string of the molecule is COc1nc(-c2cccc(-c3ccnc(-c4ccc5c(c4)CCCC5=O)c3Cl)c2Cl)ccc1CN(C[C@@H]1CCC(=O)N1)C(=O)O. The van der Waals surface area contributed by atoms with Crippen LogP contribution >= 0.6 is 23.2 Å². The third kappa shape index (κ3) is 6.23. The van der Waals surface area contributed by atoms with Gasteiger partial charge in [0.25, 0.3) is 0 Å². The van der Waals surface area contributed by atoms with Crippen molar-refractivity contribution in [2.45, 2.75) is 44.7 Å². The molecule has 230 valence electrons. The number of aryl methyl sites for hydroxylation is 1. The molecular formula is C34H30Cl2N4O5. The minimum atomic E-state index is -1.10. The van der Waals surface area contributed by atoms with Crippen LogP contribution in [0.5, 0.6) is 5.88 Å². The van der Waals surface area contributed by atoms with Crippen LogP contribution < -0.4 is 10.1 Å². The minimum Gasteiger partial charge on any atom is -0.481 e. The van der Waals surface area contributed by atoms with E-state index in [2.05, 4.69) is 15.3 Å². The van der Waals surface area contributed by atoms with Crippen molar-refractivity contribution in [2.24, 2.45) is 0 Å². The summed E-state index contributed by atoms with van der Waals surface area (Å²) in [5.41, 5.74) is 6.34. The van der Waals surface area contributed by atoms with Gasteiger partial charge in [0.1, 0.15) is 0 Å². The number of ketones is 1. The van der Waals surface area contributed by atoms with Crippen molar-refractivity contribution in [1.29, 1.82) is 0 Å². The summed E-state index contributed by atoms with van der Waals surface area (Å²) in [6, 6.07) is 16.4. The van der Waals surface area contributed by atoms with Gasteiger partial charge in [-0.25, -0.2) is 9.78 Å². The molecule has 1 fully saturated rings. The van der Waals surface area contributed by atoms with Gasteiger partial charge in [0.05, 0.1) is 35.1 Å². The summed E-state index contributed by atoms with van der Waals surface area (Å²) < 4.78 is 5.57. The first-order valence-electron chi connectivity index (χ1n) is 14.6. The number of pyridine rings is 2. The number of carbonyl (C=O) groups excluding carboxylic acids is 2. The van der Waals surface area contributed by atoms with Crippen molar-refractivity contribution in [3.63, 3.8) is 0 Å². The number of rotatable bonds is 8. The predicted molar refractivity (Wildman–Crippen MR) is 172 cm³/mol. The Kier molecular flexibility index (Phi) is 8.74. The minimum absolute atomic E-state index is 0.0399. The number of halogens is 2. The second kappa shape index (κ2) is 12.9. The van der Waals surface area contributed by atoms with Gasteiger partial charge in [0, 0.05) is 65.0 Å². The fourth-order valence-electron chi connectivity index (χ4n) is 6.00. The molecule has 0 saturated carbocycles. The molecule has 1 atom stereocenters. The highest BCUT2D eigenvalue weighted by atomic mass is 35.5. The molecule has 0 spiro atoms. The molecule has 9 nitrogen and oxygen atoms in total. The molecule has 4 aromatic rings. The molecule has 45 heavy (non-hydrogen) atoms. The van der Waals surface area contributed by atoms with Crippen molar-refractivity contribution in [1.82, 2.24) is 20.2 Å². The fraction of sp³-hybridized carbons (Fsp3) is 0.265. The maximum Gasteiger partial charge on any atom is 0.407 e. The summed E-state index contributed by atoms with van der Waals surface area (Å²) in [5.74, 6) is 0.357. The Labute approximate surface area is 270 Å². The number of nitrogens with one attached hydrogen (secondary N) is 1. The lowest BCUT2D eigenvalue weighted by atomic mass is 9.88. The van der Waals surface area contributed by atoms with Crippen LogP contribution in [0.3, 0.4) is 0 Å².